The lowest BCUT2D eigenvalue weighted by atomic mass is 10.1. The van der Waals surface area contributed by atoms with E-state index in [4.69, 9.17) is 5.26 Å². The van der Waals surface area contributed by atoms with Crippen LogP contribution >= 0.6 is 0 Å². The van der Waals surface area contributed by atoms with Crippen LogP contribution in [-0.2, 0) is 0 Å². The van der Waals surface area contributed by atoms with Gasteiger partial charge in [-0.05, 0) is 12.1 Å². The molecular formula is C15H11N3O. The Morgan fingerprint density at radius 1 is 0.947 bits per heavy atom. The number of benzene rings is 2. The molecule has 0 heterocycles. The molecule has 0 radical (unpaired) electrons. The summed E-state index contributed by atoms with van der Waals surface area (Å²) in [6.45, 7) is 0. The molecule has 0 atom stereocenters. The van der Waals surface area contributed by atoms with Crippen LogP contribution in [-0.4, -0.2) is 11.6 Å². The Morgan fingerprint density at radius 2 is 1.47 bits per heavy atom. The van der Waals surface area contributed by atoms with Gasteiger partial charge in [-0.25, -0.2) is 5.43 Å². The molecule has 2 rings (SSSR count). The Bertz CT molecular complexity index is 627. The summed E-state index contributed by atoms with van der Waals surface area (Å²) < 4.78 is 0. The summed E-state index contributed by atoms with van der Waals surface area (Å²) in [4.78, 5) is 11.8. The molecule has 19 heavy (non-hydrogen) atoms. The van der Waals surface area contributed by atoms with Gasteiger partial charge in [0.15, 0.2) is 5.71 Å². The predicted molar refractivity (Wildman–Crippen MR) is 72.5 cm³/mol. The molecule has 92 valence electrons. The average molecular weight is 249 g/mol. The van der Waals surface area contributed by atoms with Crippen molar-refractivity contribution in [2.75, 3.05) is 0 Å². The average Bonchev–Trinajstić information content (AvgIpc) is 2.49. The van der Waals surface area contributed by atoms with Crippen molar-refractivity contribution in [3.63, 3.8) is 0 Å². The number of amides is 1. The van der Waals surface area contributed by atoms with Crippen LogP contribution in [0.2, 0.25) is 0 Å². The number of nitriles is 1. The summed E-state index contributed by atoms with van der Waals surface area (Å²) in [5.74, 6) is -0.343. The summed E-state index contributed by atoms with van der Waals surface area (Å²) in [6, 6.07) is 19.7. The summed E-state index contributed by atoms with van der Waals surface area (Å²) in [7, 11) is 0. The van der Waals surface area contributed by atoms with E-state index in [2.05, 4.69) is 10.5 Å². The summed E-state index contributed by atoms with van der Waals surface area (Å²) in [5.41, 5.74) is 3.71. The minimum Gasteiger partial charge on any atom is -0.267 e. The van der Waals surface area contributed by atoms with Crippen molar-refractivity contribution >= 4 is 11.6 Å². The predicted octanol–water partition coefficient (Wildman–Crippen LogP) is 2.34. The monoisotopic (exact) mass is 249 g/mol. The van der Waals surface area contributed by atoms with E-state index >= 15 is 0 Å². The van der Waals surface area contributed by atoms with E-state index in [1.165, 1.54) is 0 Å². The van der Waals surface area contributed by atoms with Gasteiger partial charge in [0.05, 0.1) is 0 Å². The minimum absolute atomic E-state index is 0.171. The first-order valence-corrected chi connectivity index (χ1v) is 5.70. The number of nitrogens with one attached hydrogen (secondary N) is 1. The summed E-state index contributed by atoms with van der Waals surface area (Å²) in [5, 5.41) is 12.9. The number of hydrogen-bond acceptors (Lipinski definition) is 3. The topological polar surface area (TPSA) is 65.2 Å². The molecule has 0 saturated heterocycles. The highest BCUT2D eigenvalue weighted by Crippen LogP contribution is 2.01. The first-order valence-electron chi connectivity index (χ1n) is 5.70. The zero-order valence-electron chi connectivity index (χ0n) is 10.1. The fourth-order valence-corrected chi connectivity index (χ4v) is 1.51. The number of nitrogens with zero attached hydrogens (tertiary/aromatic N) is 2. The standard InChI is InChI=1S/C15H11N3O/c16-11-14(12-7-3-1-4-8-12)17-18-15(19)13-9-5-2-6-10-13/h1-10H,(H,18,19)/b17-14+. The van der Waals surface area contributed by atoms with E-state index in [1.807, 2.05) is 18.2 Å². The highest BCUT2D eigenvalue weighted by Gasteiger charge is 2.05. The van der Waals surface area contributed by atoms with Gasteiger partial charge >= 0.3 is 0 Å². The number of carbonyl (C=O) groups excluding carboxylic acids is 1. The molecule has 1 N–H and O–H groups in total. The third-order valence-corrected chi connectivity index (χ3v) is 2.46. The summed E-state index contributed by atoms with van der Waals surface area (Å²) >= 11 is 0. The molecule has 0 aromatic heterocycles. The van der Waals surface area contributed by atoms with E-state index in [0.717, 1.165) is 0 Å². The van der Waals surface area contributed by atoms with Gasteiger partial charge in [-0.3, -0.25) is 4.79 Å². The lowest BCUT2D eigenvalue weighted by Gasteiger charge is -2.01. The molecule has 0 saturated carbocycles. The lowest BCUT2D eigenvalue weighted by Crippen LogP contribution is -2.19. The summed E-state index contributed by atoms with van der Waals surface area (Å²) in [6.07, 6.45) is 0. The van der Waals surface area contributed by atoms with Gasteiger partial charge < -0.3 is 0 Å². The Balaban J connectivity index is 2.14. The first kappa shape index (κ1) is 12.5. The molecule has 0 fully saturated rings. The fourth-order valence-electron chi connectivity index (χ4n) is 1.51. The Hall–Kier alpha value is -2.93. The van der Waals surface area contributed by atoms with E-state index in [0.29, 0.717) is 11.1 Å². The number of carbonyl (C=O) groups is 1. The number of hydrazone groups is 1. The van der Waals surface area contributed by atoms with Gasteiger partial charge in [-0.1, -0.05) is 48.5 Å². The molecule has 4 heteroatoms. The van der Waals surface area contributed by atoms with Crippen LogP contribution < -0.4 is 5.43 Å². The van der Waals surface area contributed by atoms with Crippen molar-refractivity contribution < 1.29 is 4.79 Å². The highest BCUT2D eigenvalue weighted by molar-refractivity contribution is 6.12. The zero-order valence-corrected chi connectivity index (χ0v) is 10.1. The maximum absolute atomic E-state index is 11.8. The molecule has 0 aliphatic heterocycles. The molecule has 0 aliphatic rings. The van der Waals surface area contributed by atoms with E-state index in [1.54, 1.807) is 48.5 Å². The van der Waals surface area contributed by atoms with Gasteiger partial charge in [0.1, 0.15) is 6.07 Å². The molecule has 2 aromatic rings. The molecular weight excluding hydrogens is 238 g/mol. The van der Waals surface area contributed by atoms with Crippen LogP contribution in [0.4, 0.5) is 0 Å². The van der Waals surface area contributed by atoms with Gasteiger partial charge in [-0.2, -0.15) is 10.4 Å². The first-order chi connectivity index (χ1) is 9.31. The molecule has 0 spiro atoms. The van der Waals surface area contributed by atoms with Crippen LogP contribution in [0.15, 0.2) is 65.8 Å². The highest BCUT2D eigenvalue weighted by atomic mass is 16.2. The van der Waals surface area contributed by atoms with Crippen LogP contribution in [0, 0.1) is 11.3 Å². The van der Waals surface area contributed by atoms with Crippen molar-refractivity contribution in [1.82, 2.24) is 5.43 Å². The van der Waals surface area contributed by atoms with Crippen LogP contribution in [0.3, 0.4) is 0 Å². The van der Waals surface area contributed by atoms with Crippen molar-refractivity contribution in [3.05, 3.63) is 71.8 Å². The Kier molecular flexibility index (Phi) is 4.04. The third-order valence-electron chi connectivity index (χ3n) is 2.46. The van der Waals surface area contributed by atoms with Crippen LogP contribution in [0.5, 0.6) is 0 Å². The maximum Gasteiger partial charge on any atom is 0.271 e. The molecule has 4 nitrogen and oxygen atoms in total. The van der Waals surface area contributed by atoms with E-state index < -0.39 is 0 Å². The molecule has 1 amide bonds. The van der Waals surface area contributed by atoms with Crippen molar-refractivity contribution in [2.45, 2.75) is 0 Å². The molecule has 0 aliphatic carbocycles. The van der Waals surface area contributed by atoms with Crippen molar-refractivity contribution in [2.24, 2.45) is 5.10 Å². The second-order valence-electron chi connectivity index (χ2n) is 3.75. The Labute approximate surface area is 111 Å². The van der Waals surface area contributed by atoms with Gasteiger partial charge in [0.2, 0.25) is 0 Å². The largest absolute Gasteiger partial charge is 0.271 e. The minimum atomic E-state index is -0.343. The maximum atomic E-state index is 11.8. The number of rotatable bonds is 3. The molecule has 0 unspecified atom stereocenters. The lowest BCUT2D eigenvalue weighted by molar-refractivity contribution is 0.0955. The van der Waals surface area contributed by atoms with Crippen molar-refractivity contribution in [1.29, 1.82) is 5.26 Å². The SMILES string of the molecule is N#C/C(=N\NC(=O)c1ccccc1)c1ccccc1. The zero-order chi connectivity index (χ0) is 13.5. The molecule has 2 aromatic carbocycles. The smallest absolute Gasteiger partial charge is 0.267 e. The quantitative estimate of drug-likeness (QED) is 0.670. The third kappa shape index (κ3) is 3.27. The van der Waals surface area contributed by atoms with Crippen molar-refractivity contribution in [3.8, 4) is 6.07 Å². The van der Waals surface area contributed by atoms with Gasteiger partial charge in [0.25, 0.3) is 5.91 Å². The van der Waals surface area contributed by atoms with Crippen LogP contribution in [0.1, 0.15) is 15.9 Å². The second-order valence-corrected chi connectivity index (χ2v) is 3.75. The normalized spacial score (nSPS) is 10.6. The number of hydrogen-bond donors (Lipinski definition) is 1. The van der Waals surface area contributed by atoms with Gasteiger partial charge in [-0.15, -0.1) is 0 Å². The van der Waals surface area contributed by atoms with Gasteiger partial charge in [0, 0.05) is 11.1 Å². The molecule has 0 bridgehead atoms. The fraction of sp³-hybridized carbons (Fsp3) is 0. The van der Waals surface area contributed by atoms with Crippen LogP contribution in [0.25, 0.3) is 0 Å². The van der Waals surface area contributed by atoms with E-state index in [-0.39, 0.29) is 11.6 Å². The Morgan fingerprint density at radius 3 is 2.00 bits per heavy atom. The second kappa shape index (κ2) is 6.12. The van der Waals surface area contributed by atoms with E-state index in [9.17, 15) is 4.79 Å².